The fourth-order valence-corrected chi connectivity index (χ4v) is 10.0. The van der Waals surface area contributed by atoms with Crippen molar-refractivity contribution in [2.75, 3.05) is 0 Å². The molecular weight excluding hydrogens is 629 g/mol. The minimum Gasteiger partial charge on any atom is -0.508 e. The quantitative estimate of drug-likeness (QED) is 0.110. The van der Waals surface area contributed by atoms with Gasteiger partial charge in [0.25, 0.3) is 0 Å². The fourth-order valence-electron chi connectivity index (χ4n) is 10.0. The zero-order chi connectivity index (χ0) is 38.1. The van der Waals surface area contributed by atoms with Crippen LogP contribution in [0, 0.1) is 0 Å². The Bertz CT molecular complexity index is 1790. The van der Waals surface area contributed by atoms with Gasteiger partial charge in [-0.1, -0.05) is 126 Å². The Kier molecular flexibility index (Phi) is 15.3. The smallest absolute Gasteiger partial charge is 0.119 e. The lowest BCUT2D eigenvalue weighted by Crippen LogP contribution is -2.15. The molecule has 3 unspecified atom stereocenters. The van der Waals surface area contributed by atoms with Gasteiger partial charge in [0, 0.05) is 5.56 Å². The average Bonchev–Trinajstić information content (AvgIpc) is 3.16. The number of hydrogen-bond acceptors (Lipinski definition) is 1. The maximum Gasteiger partial charge on any atom is 0.119 e. The molecule has 0 fully saturated rings. The molecule has 1 nitrogen and oxygen atoms in total. The SMILES string of the molecule is CCc1ccc(CC(C)c2ccc(O)c(C(C)Cc3ccc(CC)c(CC)c3CC)c2C(C)Cc2ccc(CC)c(CC)c2CC)c(CC)c1CC. The van der Waals surface area contributed by atoms with Gasteiger partial charge in [-0.2, -0.15) is 0 Å². The van der Waals surface area contributed by atoms with Crippen molar-refractivity contribution in [3.05, 3.63) is 132 Å². The van der Waals surface area contributed by atoms with E-state index in [0.29, 0.717) is 11.7 Å². The first-order valence-electron chi connectivity index (χ1n) is 21.3. The second-order valence-electron chi connectivity index (χ2n) is 15.5. The number of aromatic hydroxyl groups is 1. The van der Waals surface area contributed by atoms with Gasteiger partial charge in [-0.05, 0) is 179 Å². The molecule has 4 aromatic carbocycles. The van der Waals surface area contributed by atoms with Crippen LogP contribution in [0.3, 0.4) is 0 Å². The molecular formula is C51H72O. The minimum absolute atomic E-state index is 0.188. The highest BCUT2D eigenvalue weighted by molar-refractivity contribution is 5.53. The largest absolute Gasteiger partial charge is 0.508 e. The van der Waals surface area contributed by atoms with Crippen LogP contribution in [-0.2, 0) is 77.0 Å². The van der Waals surface area contributed by atoms with E-state index in [-0.39, 0.29) is 11.8 Å². The molecule has 1 heteroatoms. The third-order valence-electron chi connectivity index (χ3n) is 12.5. The third kappa shape index (κ3) is 8.56. The highest BCUT2D eigenvalue weighted by Crippen LogP contribution is 2.43. The summed E-state index contributed by atoms with van der Waals surface area (Å²) in [5.74, 6) is 1.24. The van der Waals surface area contributed by atoms with Crippen LogP contribution in [0.5, 0.6) is 5.75 Å². The van der Waals surface area contributed by atoms with Gasteiger partial charge in [0.05, 0.1) is 0 Å². The van der Waals surface area contributed by atoms with Crippen LogP contribution in [-0.4, -0.2) is 5.11 Å². The normalized spacial score (nSPS) is 13.4. The third-order valence-corrected chi connectivity index (χ3v) is 12.5. The van der Waals surface area contributed by atoms with E-state index in [0.717, 1.165) is 77.0 Å². The maximum absolute atomic E-state index is 11.9. The van der Waals surface area contributed by atoms with Crippen molar-refractivity contribution in [1.82, 2.24) is 0 Å². The number of benzene rings is 4. The van der Waals surface area contributed by atoms with E-state index in [1.54, 1.807) is 22.3 Å². The van der Waals surface area contributed by atoms with Crippen molar-refractivity contribution in [2.24, 2.45) is 0 Å². The molecule has 0 aliphatic heterocycles. The highest BCUT2D eigenvalue weighted by atomic mass is 16.3. The number of phenols is 1. The minimum atomic E-state index is 0.188. The van der Waals surface area contributed by atoms with Gasteiger partial charge in [-0.15, -0.1) is 0 Å². The van der Waals surface area contributed by atoms with E-state index in [1.165, 1.54) is 61.2 Å². The number of hydrogen-bond donors (Lipinski definition) is 1. The number of aryl methyl sites for hydroxylation is 3. The average molecular weight is 701 g/mol. The Labute approximate surface area is 319 Å². The first kappa shape index (κ1) is 41.4. The topological polar surface area (TPSA) is 20.2 Å². The van der Waals surface area contributed by atoms with Gasteiger partial charge in [-0.25, -0.2) is 0 Å². The monoisotopic (exact) mass is 701 g/mol. The molecule has 0 aromatic heterocycles. The predicted octanol–water partition coefficient (Wildman–Crippen LogP) is 13.5. The van der Waals surface area contributed by atoms with Gasteiger partial charge >= 0.3 is 0 Å². The first-order valence-corrected chi connectivity index (χ1v) is 21.3. The second-order valence-corrected chi connectivity index (χ2v) is 15.5. The molecule has 0 amide bonds. The molecule has 1 N–H and O–H groups in total. The van der Waals surface area contributed by atoms with E-state index in [2.05, 4.69) is 126 Å². The van der Waals surface area contributed by atoms with Crippen LogP contribution in [0.4, 0.5) is 0 Å². The van der Waals surface area contributed by atoms with Gasteiger partial charge in [0.1, 0.15) is 5.75 Å². The summed E-state index contributed by atoms with van der Waals surface area (Å²) >= 11 is 0. The zero-order valence-electron chi connectivity index (χ0n) is 35.3. The molecule has 4 aromatic rings. The Balaban J connectivity index is 1.89. The molecule has 0 radical (unpaired) electrons. The predicted molar refractivity (Wildman–Crippen MR) is 228 cm³/mol. The van der Waals surface area contributed by atoms with E-state index in [4.69, 9.17) is 0 Å². The summed E-state index contributed by atoms with van der Waals surface area (Å²) in [5.41, 5.74) is 22.2. The Morgan fingerprint density at radius 1 is 0.346 bits per heavy atom. The molecule has 0 spiro atoms. The molecule has 282 valence electrons. The molecule has 0 aliphatic carbocycles. The van der Waals surface area contributed by atoms with Crippen molar-refractivity contribution in [3.63, 3.8) is 0 Å². The van der Waals surface area contributed by atoms with Crippen molar-refractivity contribution in [2.45, 2.75) is 178 Å². The summed E-state index contributed by atoms with van der Waals surface area (Å²) in [6, 6.07) is 18.7. The van der Waals surface area contributed by atoms with Crippen molar-refractivity contribution < 1.29 is 5.11 Å². The van der Waals surface area contributed by atoms with Gasteiger partial charge < -0.3 is 5.11 Å². The van der Waals surface area contributed by atoms with Crippen molar-refractivity contribution >= 4 is 0 Å². The molecule has 0 aliphatic rings. The standard InChI is InChI=1S/C51H72O/c1-13-36-22-25-39(45(19-7)42(36)16-4)30-33(10)48-28-29-49(52)51(35(12)32-41-27-24-38(15-3)44(18-6)47(41)21-9)50(48)34(11)31-40-26-23-37(14-2)43(17-5)46(40)20-8/h22-29,33-35,52H,13-21,30-32H2,1-12H3. The summed E-state index contributed by atoms with van der Waals surface area (Å²) in [6.45, 7) is 28.0. The Morgan fingerprint density at radius 3 is 0.962 bits per heavy atom. The Hall–Kier alpha value is -3.32. The second kappa shape index (κ2) is 19.1. The van der Waals surface area contributed by atoms with Crippen LogP contribution >= 0.6 is 0 Å². The molecule has 52 heavy (non-hydrogen) atoms. The van der Waals surface area contributed by atoms with Crippen LogP contribution in [0.15, 0.2) is 48.5 Å². The van der Waals surface area contributed by atoms with Gasteiger partial charge in [-0.3, -0.25) is 0 Å². The van der Waals surface area contributed by atoms with E-state index < -0.39 is 0 Å². The van der Waals surface area contributed by atoms with E-state index in [1.807, 2.05) is 6.07 Å². The lowest BCUT2D eigenvalue weighted by atomic mass is 9.75. The van der Waals surface area contributed by atoms with E-state index >= 15 is 0 Å². The summed E-state index contributed by atoms with van der Waals surface area (Å²) < 4.78 is 0. The summed E-state index contributed by atoms with van der Waals surface area (Å²) in [5, 5.41) is 11.9. The van der Waals surface area contributed by atoms with Crippen molar-refractivity contribution in [1.29, 1.82) is 0 Å². The molecule has 3 atom stereocenters. The van der Waals surface area contributed by atoms with Crippen molar-refractivity contribution in [3.8, 4) is 5.75 Å². The van der Waals surface area contributed by atoms with Crippen LogP contribution in [0.2, 0.25) is 0 Å². The first-order chi connectivity index (χ1) is 25.1. The lowest BCUT2D eigenvalue weighted by molar-refractivity contribution is 0.458. The summed E-state index contributed by atoms with van der Waals surface area (Å²) in [6.07, 6.45) is 12.6. The summed E-state index contributed by atoms with van der Waals surface area (Å²) in [4.78, 5) is 0. The van der Waals surface area contributed by atoms with Gasteiger partial charge in [0.2, 0.25) is 0 Å². The zero-order valence-corrected chi connectivity index (χ0v) is 35.3. The molecule has 0 saturated heterocycles. The molecule has 0 saturated carbocycles. The van der Waals surface area contributed by atoms with E-state index in [9.17, 15) is 5.11 Å². The Morgan fingerprint density at radius 2 is 0.635 bits per heavy atom. The molecule has 0 heterocycles. The van der Waals surface area contributed by atoms with Gasteiger partial charge in [0.15, 0.2) is 0 Å². The summed E-state index contributed by atoms with van der Waals surface area (Å²) in [7, 11) is 0. The van der Waals surface area contributed by atoms with Crippen LogP contribution in [0.25, 0.3) is 0 Å². The molecule has 4 rings (SSSR count). The number of rotatable bonds is 18. The fraction of sp³-hybridized carbons (Fsp3) is 0.529. The van der Waals surface area contributed by atoms with Crippen LogP contribution < -0.4 is 0 Å². The van der Waals surface area contributed by atoms with Crippen LogP contribution in [0.1, 0.15) is 184 Å². The maximum atomic E-state index is 11.9. The number of phenolic OH excluding ortho intramolecular Hbond substituents is 1. The lowest BCUT2D eigenvalue weighted by Gasteiger charge is -2.30. The molecule has 0 bridgehead atoms. The highest BCUT2D eigenvalue weighted by Gasteiger charge is 2.27.